The zero-order valence-electron chi connectivity index (χ0n) is 27.3. The number of amides is 1. The van der Waals surface area contributed by atoms with Crippen LogP contribution in [0.15, 0.2) is 151 Å². The first kappa shape index (κ1) is 31.8. The molecule has 1 heterocycles. The van der Waals surface area contributed by atoms with Crippen molar-refractivity contribution in [3.8, 4) is 17.2 Å². The van der Waals surface area contributed by atoms with Gasteiger partial charge in [-0.05, 0) is 52.9 Å². The van der Waals surface area contributed by atoms with Gasteiger partial charge in [0.25, 0.3) is 0 Å². The molecule has 0 aliphatic carbocycles. The SMILES string of the molecule is C[C@H](OC(c1ccccc1)(c1ccccc1)c1ccccc1)C1=Cc2ccccc2[C@@H](C#C[Si](C)(C)C)N1C(=O)Oc1ccccc1. The molecular formula is C42H39NO3Si. The molecule has 0 saturated carbocycles. The van der Waals surface area contributed by atoms with Gasteiger partial charge in [-0.3, -0.25) is 4.90 Å². The molecule has 0 unspecified atom stereocenters. The smallest absolute Gasteiger partial charge is 0.410 e. The second-order valence-electron chi connectivity index (χ2n) is 12.7. The summed E-state index contributed by atoms with van der Waals surface area (Å²) in [6, 6.07) is 47.6. The summed E-state index contributed by atoms with van der Waals surface area (Å²) in [5.41, 5.74) is 8.12. The number of rotatable bonds is 7. The lowest BCUT2D eigenvalue weighted by molar-refractivity contribution is -0.0319. The van der Waals surface area contributed by atoms with Gasteiger partial charge >= 0.3 is 6.09 Å². The van der Waals surface area contributed by atoms with Crippen LogP contribution in [0.2, 0.25) is 19.6 Å². The van der Waals surface area contributed by atoms with E-state index in [2.05, 4.69) is 73.6 Å². The molecule has 0 fully saturated rings. The normalized spacial score (nSPS) is 15.0. The summed E-state index contributed by atoms with van der Waals surface area (Å²) in [4.78, 5) is 16.0. The number of benzene rings is 5. The molecule has 0 N–H and O–H groups in total. The average molecular weight is 634 g/mol. The Morgan fingerprint density at radius 1 is 0.702 bits per heavy atom. The minimum absolute atomic E-state index is 0.466. The molecule has 2 atom stereocenters. The van der Waals surface area contributed by atoms with Crippen molar-refractivity contribution in [1.29, 1.82) is 0 Å². The van der Waals surface area contributed by atoms with Crippen LogP contribution in [-0.4, -0.2) is 25.2 Å². The summed E-state index contributed by atoms with van der Waals surface area (Å²) in [6.45, 7) is 8.63. The summed E-state index contributed by atoms with van der Waals surface area (Å²) >= 11 is 0. The van der Waals surface area contributed by atoms with Crippen LogP contribution in [0.3, 0.4) is 0 Å². The second-order valence-corrected chi connectivity index (χ2v) is 17.5. The van der Waals surface area contributed by atoms with Gasteiger partial charge in [-0.15, -0.1) is 5.54 Å². The summed E-state index contributed by atoms with van der Waals surface area (Å²) in [5.74, 6) is 3.98. The molecule has 4 nitrogen and oxygen atoms in total. The third-order valence-corrected chi connectivity index (χ3v) is 9.06. The van der Waals surface area contributed by atoms with Crippen molar-refractivity contribution < 1.29 is 14.3 Å². The molecule has 6 rings (SSSR count). The lowest BCUT2D eigenvalue weighted by atomic mass is 9.79. The Labute approximate surface area is 279 Å². The lowest BCUT2D eigenvalue weighted by Gasteiger charge is -2.42. The van der Waals surface area contributed by atoms with Crippen molar-refractivity contribution in [1.82, 2.24) is 4.90 Å². The van der Waals surface area contributed by atoms with Gasteiger partial charge in [-0.1, -0.05) is 159 Å². The summed E-state index contributed by atoms with van der Waals surface area (Å²) in [5, 5.41) is 0. The molecule has 234 valence electrons. The summed E-state index contributed by atoms with van der Waals surface area (Å²) in [7, 11) is -1.81. The molecule has 0 aromatic heterocycles. The minimum Gasteiger partial charge on any atom is -0.410 e. The number of fused-ring (bicyclic) bond motifs is 1. The van der Waals surface area contributed by atoms with E-state index in [9.17, 15) is 4.79 Å². The Balaban J connectivity index is 1.54. The monoisotopic (exact) mass is 633 g/mol. The van der Waals surface area contributed by atoms with E-state index in [0.29, 0.717) is 11.4 Å². The largest absolute Gasteiger partial charge is 0.420 e. The Morgan fingerprint density at radius 2 is 1.17 bits per heavy atom. The average Bonchev–Trinajstić information content (AvgIpc) is 3.10. The predicted molar refractivity (Wildman–Crippen MR) is 192 cm³/mol. The number of hydrogen-bond acceptors (Lipinski definition) is 3. The van der Waals surface area contributed by atoms with Crippen molar-refractivity contribution in [2.75, 3.05) is 0 Å². The Hall–Kier alpha value is -5.15. The van der Waals surface area contributed by atoms with Crippen molar-refractivity contribution in [3.05, 3.63) is 179 Å². The van der Waals surface area contributed by atoms with E-state index in [4.69, 9.17) is 9.47 Å². The fourth-order valence-electron chi connectivity index (χ4n) is 6.05. The Bertz CT molecular complexity index is 1810. The first-order valence-corrected chi connectivity index (χ1v) is 19.5. The predicted octanol–water partition coefficient (Wildman–Crippen LogP) is 9.86. The number of hydrogen-bond donors (Lipinski definition) is 0. The van der Waals surface area contributed by atoms with Crippen molar-refractivity contribution >= 4 is 20.2 Å². The van der Waals surface area contributed by atoms with Crippen LogP contribution >= 0.6 is 0 Å². The third kappa shape index (κ3) is 6.85. The van der Waals surface area contributed by atoms with Gasteiger partial charge in [0.1, 0.15) is 25.5 Å². The zero-order chi connectivity index (χ0) is 32.9. The summed E-state index contributed by atoms with van der Waals surface area (Å²) in [6.07, 6.45) is 0.959. The van der Waals surface area contributed by atoms with Gasteiger partial charge in [0.2, 0.25) is 0 Å². The molecule has 0 bridgehead atoms. The zero-order valence-corrected chi connectivity index (χ0v) is 28.3. The molecule has 5 aromatic rings. The lowest BCUT2D eigenvalue weighted by Crippen LogP contribution is -2.44. The van der Waals surface area contributed by atoms with E-state index in [-0.39, 0.29) is 0 Å². The van der Waals surface area contributed by atoms with Crippen LogP contribution in [0, 0.1) is 11.5 Å². The van der Waals surface area contributed by atoms with E-state index >= 15 is 0 Å². The molecular weight excluding hydrogens is 595 g/mol. The van der Waals surface area contributed by atoms with Crippen LogP contribution in [0.5, 0.6) is 5.75 Å². The van der Waals surface area contributed by atoms with Gasteiger partial charge in [0, 0.05) is 0 Å². The van der Waals surface area contributed by atoms with E-state index in [1.807, 2.05) is 104 Å². The molecule has 5 aromatic carbocycles. The molecule has 1 aliphatic heterocycles. The molecule has 47 heavy (non-hydrogen) atoms. The molecule has 0 saturated heterocycles. The fourth-order valence-corrected chi connectivity index (χ4v) is 6.62. The van der Waals surface area contributed by atoms with Crippen LogP contribution in [-0.2, 0) is 10.3 Å². The molecule has 0 radical (unpaired) electrons. The van der Waals surface area contributed by atoms with E-state index < -0.39 is 31.9 Å². The van der Waals surface area contributed by atoms with Crippen LogP contribution < -0.4 is 4.74 Å². The highest BCUT2D eigenvalue weighted by atomic mass is 28.3. The highest BCUT2D eigenvalue weighted by Crippen LogP contribution is 2.44. The van der Waals surface area contributed by atoms with Gasteiger partial charge in [-0.25, -0.2) is 4.79 Å². The molecule has 1 amide bonds. The van der Waals surface area contributed by atoms with E-state index in [0.717, 1.165) is 27.8 Å². The fraction of sp³-hybridized carbons (Fsp3) is 0.167. The number of carbonyl (C=O) groups is 1. The maximum Gasteiger partial charge on any atom is 0.420 e. The number of carbonyl (C=O) groups excluding carboxylic acids is 1. The maximum atomic E-state index is 14.4. The first-order valence-electron chi connectivity index (χ1n) is 16.0. The third-order valence-electron chi connectivity index (χ3n) is 8.17. The molecule has 0 spiro atoms. The van der Waals surface area contributed by atoms with Gasteiger partial charge in [-0.2, -0.15) is 0 Å². The van der Waals surface area contributed by atoms with E-state index in [1.54, 1.807) is 17.0 Å². The van der Waals surface area contributed by atoms with E-state index in [1.165, 1.54) is 0 Å². The van der Waals surface area contributed by atoms with Crippen LogP contribution in [0.1, 0.15) is 40.8 Å². The highest BCUT2D eigenvalue weighted by Gasteiger charge is 2.43. The van der Waals surface area contributed by atoms with Gasteiger partial charge < -0.3 is 9.47 Å². The highest BCUT2D eigenvalue weighted by molar-refractivity contribution is 6.83. The standard InChI is InChI=1S/C42H39NO3Si/c1-32(46-42(34-20-9-5-10-21-34,35-22-11-6-12-23-35)36-24-13-7-14-25-36)40-31-33-19-17-18-28-38(33)39(29-30-47(2,3)4)43(40)41(44)45-37-26-15-8-16-27-37/h5-28,31-32,39H,1-4H3/t32-,39+/m0/s1. The van der Waals surface area contributed by atoms with Gasteiger partial charge in [0.05, 0.1) is 11.8 Å². The number of ether oxygens (including phenoxy) is 2. The topological polar surface area (TPSA) is 38.8 Å². The molecule has 5 heteroatoms. The maximum absolute atomic E-state index is 14.4. The van der Waals surface area contributed by atoms with Crippen molar-refractivity contribution in [3.63, 3.8) is 0 Å². The van der Waals surface area contributed by atoms with Crippen molar-refractivity contribution in [2.45, 2.75) is 44.3 Å². The molecule has 1 aliphatic rings. The number of nitrogens with zero attached hydrogens (tertiary/aromatic N) is 1. The number of para-hydroxylation sites is 1. The van der Waals surface area contributed by atoms with Crippen LogP contribution in [0.25, 0.3) is 6.08 Å². The second kappa shape index (κ2) is 13.7. The Kier molecular flexibility index (Phi) is 9.26. The summed E-state index contributed by atoms with van der Waals surface area (Å²) < 4.78 is 13.4. The van der Waals surface area contributed by atoms with Gasteiger partial charge in [0.15, 0.2) is 0 Å². The minimum atomic E-state index is -1.81. The Morgan fingerprint density at radius 3 is 1.68 bits per heavy atom. The van der Waals surface area contributed by atoms with Crippen molar-refractivity contribution in [2.24, 2.45) is 0 Å². The quantitative estimate of drug-likeness (QED) is 0.102. The first-order chi connectivity index (χ1) is 22.8. The van der Waals surface area contributed by atoms with Crippen LogP contribution in [0.4, 0.5) is 4.79 Å².